The second-order valence-electron chi connectivity index (χ2n) is 5.26. The molecule has 0 aromatic carbocycles. The fraction of sp³-hybridized carbons (Fsp3) is 0.600. The highest BCUT2D eigenvalue weighted by Gasteiger charge is 2.26. The summed E-state index contributed by atoms with van der Waals surface area (Å²) in [5, 5.41) is 12.0. The van der Waals surface area contributed by atoms with E-state index in [1.807, 2.05) is 13.8 Å². The summed E-state index contributed by atoms with van der Waals surface area (Å²) in [6.45, 7) is 6.42. The first kappa shape index (κ1) is 16.4. The van der Waals surface area contributed by atoms with Crippen LogP contribution < -0.4 is 10.7 Å². The molecule has 20 heavy (non-hydrogen) atoms. The topological polar surface area (TPSA) is 82.2 Å². The van der Waals surface area contributed by atoms with Gasteiger partial charge in [0.15, 0.2) is 5.43 Å². The molecule has 0 saturated carbocycles. The summed E-state index contributed by atoms with van der Waals surface area (Å²) in [6, 6.07) is 1.41. The first-order valence-electron chi connectivity index (χ1n) is 7.06. The average molecular weight is 280 g/mol. The third kappa shape index (κ3) is 3.93. The minimum atomic E-state index is -0.365. The zero-order valence-corrected chi connectivity index (χ0v) is 12.5. The second-order valence-corrected chi connectivity index (χ2v) is 5.26. The Morgan fingerprint density at radius 3 is 2.55 bits per heavy atom. The molecule has 5 nitrogen and oxygen atoms in total. The quantitative estimate of drug-likeness (QED) is 0.709. The Kier molecular flexibility index (Phi) is 5.95. The Morgan fingerprint density at radius 2 is 2.05 bits per heavy atom. The minimum absolute atomic E-state index is 0.0999. The highest BCUT2D eigenvalue weighted by atomic mass is 16.3. The van der Waals surface area contributed by atoms with Gasteiger partial charge in [0.25, 0.3) is 5.91 Å². The Morgan fingerprint density at radius 1 is 1.40 bits per heavy atom. The highest BCUT2D eigenvalue weighted by molar-refractivity contribution is 5.93. The number of rotatable bonds is 7. The summed E-state index contributed by atoms with van der Waals surface area (Å²) in [6.07, 6.45) is 3.83. The first-order chi connectivity index (χ1) is 9.48. The molecular formula is C15H24N2O3. The van der Waals surface area contributed by atoms with Gasteiger partial charge in [0, 0.05) is 31.1 Å². The molecule has 0 fully saturated rings. The molecule has 0 bridgehead atoms. The van der Waals surface area contributed by atoms with Gasteiger partial charge in [-0.2, -0.15) is 0 Å². The van der Waals surface area contributed by atoms with E-state index >= 15 is 0 Å². The van der Waals surface area contributed by atoms with Gasteiger partial charge in [-0.15, -0.1) is 0 Å². The van der Waals surface area contributed by atoms with Gasteiger partial charge in [-0.25, -0.2) is 0 Å². The number of aliphatic hydroxyl groups excluding tert-OH is 1. The average Bonchev–Trinajstić information content (AvgIpc) is 2.43. The zero-order chi connectivity index (χ0) is 15.2. The second kappa shape index (κ2) is 7.24. The molecule has 1 heterocycles. The van der Waals surface area contributed by atoms with Crippen LogP contribution in [-0.4, -0.2) is 29.1 Å². The fourth-order valence-corrected chi connectivity index (χ4v) is 2.29. The molecule has 1 aromatic rings. The molecule has 0 saturated heterocycles. The van der Waals surface area contributed by atoms with Crippen molar-refractivity contribution < 1.29 is 9.90 Å². The molecule has 0 unspecified atom stereocenters. The number of aromatic amines is 1. The number of amides is 1. The van der Waals surface area contributed by atoms with Gasteiger partial charge in [-0.3, -0.25) is 9.59 Å². The third-order valence-electron chi connectivity index (χ3n) is 4.07. The van der Waals surface area contributed by atoms with Crippen LogP contribution in [0, 0.1) is 12.3 Å². The van der Waals surface area contributed by atoms with Gasteiger partial charge in [-0.05, 0) is 31.6 Å². The van der Waals surface area contributed by atoms with E-state index in [1.165, 1.54) is 12.3 Å². The predicted octanol–water partition coefficient (Wildman–Crippen LogP) is 1.60. The van der Waals surface area contributed by atoms with Gasteiger partial charge in [0.1, 0.15) is 5.56 Å². The zero-order valence-electron chi connectivity index (χ0n) is 12.5. The smallest absolute Gasteiger partial charge is 0.256 e. The molecule has 1 rings (SSSR count). The lowest BCUT2D eigenvalue weighted by Crippen LogP contribution is -2.39. The Hall–Kier alpha value is -1.62. The molecule has 0 aliphatic rings. The van der Waals surface area contributed by atoms with Crippen LogP contribution >= 0.6 is 0 Å². The van der Waals surface area contributed by atoms with Crippen LogP contribution in [0.15, 0.2) is 17.1 Å². The van der Waals surface area contributed by atoms with Crippen LogP contribution in [0.5, 0.6) is 0 Å². The van der Waals surface area contributed by atoms with Crippen molar-refractivity contribution in [3.05, 3.63) is 33.7 Å². The number of pyridine rings is 1. The number of aromatic nitrogens is 1. The third-order valence-corrected chi connectivity index (χ3v) is 4.07. The maximum absolute atomic E-state index is 12.1. The Balaban J connectivity index is 2.77. The van der Waals surface area contributed by atoms with Gasteiger partial charge in [0.2, 0.25) is 0 Å². The van der Waals surface area contributed by atoms with E-state index < -0.39 is 0 Å². The fourth-order valence-electron chi connectivity index (χ4n) is 2.29. The molecule has 0 aliphatic carbocycles. The molecule has 1 amide bonds. The van der Waals surface area contributed by atoms with Crippen molar-refractivity contribution in [2.45, 2.75) is 40.0 Å². The highest BCUT2D eigenvalue weighted by Crippen LogP contribution is 2.29. The van der Waals surface area contributed by atoms with Crippen LogP contribution in [0.3, 0.4) is 0 Å². The lowest BCUT2D eigenvalue weighted by Gasteiger charge is -2.31. The van der Waals surface area contributed by atoms with Gasteiger partial charge in [-0.1, -0.05) is 13.8 Å². The molecule has 0 radical (unpaired) electrons. The molecule has 1 aromatic heterocycles. The number of hydrogen-bond donors (Lipinski definition) is 3. The summed E-state index contributed by atoms with van der Waals surface area (Å²) < 4.78 is 0. The molecular weight excluding hydrogens is 256 g/mol. The van der Waals surface area contributed by atoms with Crippen molar-refractivity contribution in [3.8, 4) is 0 Å². The lowest BCUT2D eigenvalue weighted by molar-refractivity contribution is 0.0906. The van der Waals surface area contributed by atoms with Crippen molar-refractivity contribution in [1.29, 1.82) is 0 Å². The molecule has 112 valence electrons. The van der Waals surface area contributed by atoms with Crippen LogP contribution in [0.4, 0.5) is 0 Å². The standard InChI is InChI=1S/C15H24N2O3/c1-4-15(5-2,6-7-18)10-17-14(20)12-9-16-11(3)8-13(12)19/h8-9,18H,4-7,10H2,1-3H3,(H,16,19)(H,17,20). The van der Waals surface area contributed by atoms with Crippen LogP contribution in [0.2, 0.25) is 0 Å². The van der Waals surface area contributed by atoms with Crippen molar-refractivity contribution in [3.63, 3.8) is 0 Å². The largest absolute Gasteiger partial charge is 0.396 e. The summed E-state index contributed by atoms with van der Waals surface area (Å²) in [4.78, 5) is 26.7. The number of hydrogen-bond acceptors (Lipinski definition) is 3. The normalized spacial score (nSPS) is 11.4. The first-order valence-corrected chi connectivity index (χ1v) is 7.06. The van der Waals surface area contributed by atoms with E-state index in [-0.39, 0.29) is 28.9 Å². The molecule has 0 aliphatic heterocycles. The number of aliphatic hydroxyl groups is 1. The Labute approximate surface area is 119 Å². The number of carbonyl (C=O) groups is 1. The number of carbonyl (C=O) groups excluding carboxylic acids is 1. The molecule has 3 N–H and O–H groups in total. The summed E-state index contributed by atoms with van der Waals surface area (Å²) >= 11 is 0. The van der Waals surface area contributed by atoms with E-state index in [0.717, 1.165) is 18.5 Å². The van der Waals surface area contributed by atoms with E-state index in [4.69, 9.17) is 5.11 Å². The summed E-state index contributed by atoms with van der Waals surface area (Å²) in [7, 11) is 0. The Bertz CT molecular complexity index is 504. The molecule has 0 spiro atoms. The number of nitrogens with one attached hydrogen (secondary N) is 2. The van der Waals surface area contributed by atoms with Crippen LogP contribution in [0.1, 0.15) is 49.2 Å². The monoisotopic (exact) mass is 280 g/mol. The van der Waals surface area contributed by atoms with Crippen LogP contribution in [0.25, 0.3) is 0 Å². The molecule has 5 heteroatoms. The van der Waals surface area contributed by atoms with Crippen molar-refractivity contribution in [2.24, 2.45) is 5.41 Å². The van der Waals surface area contributed by atoms with E-state index in [1.54, 1.807) is 6.92 Å². The number of H-pyrrole nitrogens is 1. The summed E-state index contributed by atoms with van der Waals surface area (Å²) in [5.41, 5.74) is 0.463. The SMILES string of the molecule is CCC(CC)(CCO)CNC(=O)c1c[nH]c(C)cc1=O. The number of aryl methyl sites for hydroxylation is 1. The van der Waals surface area contributed by atoms with Crippen molar-refractivity contribution >= 4 is 5.91 Å². The van der Waals surface area contributed by atoms with E-state index in [0.29, 0.717) is 13.0 Å². The van der Waals surface area contributed by atoms with Gasteiger partial charge in [0.05, 0.1) is 0 Å². The maximum atomic E-state index is 12.1. The molecule has 0 atom stereocenters. The maximum Gasteiger partial charge on any atom is 0.256 e. The van der Waals surface area contributed by atoms with Crippen molar-refractivity contribution in [1.82, 2.24) is 10.3 Å². The predicted molar refractivity (Wildman–Crippen MR) is 78.9 cm³/mol. The lowest BCUT2D eigenvalue weighted by atomic mass is 9.79. The van der Waals surface area contributed by atoms with E-state index in [9.17, 15) is 9.59 Å². The van der Waals surface area contributed by atoms with Gasteiger partial charge >= 0.3 is 0 Å². The van der Waals surface area contributed by atoms with Gasteiger partial charge < -0.3 is 15.4 Å². The van der Waals surface area contributed by atoms with E-state index in [2.05, 4.69) is 10.3 Å². The summed E-state index contributed by atoms with van der Waals surface area (Å²) in [5.74, 6) is -0.365. The van der Waals surface area contributed by atoms with Crippen molar-refractivity contribution in [2.75, 3.05) is 13.2 Å². The minimum Gasteiger partial charge on any atom is -0.396 e. The van der Waals surface area contributed by atoms with Crippen LogP contribution in [-0.2, 0) is 0 Å².